The van der Waals surface area contributed by atoms with Crippen molar-refractivity contribution in [2.24, 2.45) is 0 Å². The first kappa shape index (κ1) is 23.1. The van der Waals surface area contributed by atoms with Crippen LogP contribution in [0.5, 0.6) is 11.5 Å². The number of carbonyl (C=O) groups is 1. The Morgan fingerprint density at radius 1 is 1.21 bits per heavy atom. The molecule has 3 aromatic rings. The summed E-state index contributed by atoms with van der Waals surface area (Å²) in [6, 6.07) is 7.08. The predicted molar refractivity (Wildman–Crippen MR) is 129 cm³/mol. The lowest BCUT2D eigenvalue weighted by molar-refractivity contribution is 0.0690. The zero-order chi connectivity index (χ0) is 23.2. The monoisotopic (exact) mass is 451 g/mol. The predicted octanol–water partition coefficient (Wildman–Crippen LogP) is 4.80. The number of para-hydroxylation sites is 1. The number of methoxy groups -OCH3 is 1. The number of aromatic carboxylic acids is 1. The SMILES string of the molecule is CCCCn1cc(C2CCN(CCOc3c(OC)cccc3C(=O)O)CC2)c2ccncc21. The standard InChI is InChI=1S/C26H33N3O4/c1-3-4-12-29-18-22(20-8-11-27-17-23(20)29)19-9-13-28(14-10-19)15-16-33-25-21(26(30)31)6-5-7-24(25)32-2/h5-8,11,17-19H,3-4,9-10,12-16H2,1-2H3,(H,30,31). The van der Waals surface area contributed by atoms with Crippen molar-refractivity contribution in [1.82, 2.24) is 14.5 Å². The number of hydrogen-bond donors (Lipinski definition) is 1. The third-order valence-electron chi connectivity index (χ3n) is 6.58. The number of carboxylic acid groups (broad SMARTS) is 1. The topological polar surface area (TPSA) is 76.8 Å². The molecular weight excluding hydrogens is 418 g/mol. The number of unbranched alkanes of at least 4 members (excludes halogenated alkanes) is 1. The van der Waals surface area contributed by atoms with Crippen molar-refractivity contribution < 1.29 is 19.4 Å². The molecule has 1 saturated heterocycles. The average Bonchev–Trinajstić information content (AvgIpc) is 3.21. The normalized spacial score (nSPS) is 15.1. The molecule has 0 saturated carbocycles. The van der Waals surface area contributed by atoms with Gasteiger partial charge in [-0.3, -0.25) is 9.88 Å². The van der Waals surface area contributed by atoms with Gasteiger partial charge in [0.25, 0.3) is 0 Å². The van der Waals surface area contributed by atoms with Gasteiger partial charge in [0, 0.05) is 30.9 Å². The molecule has 0 radical (unpaired) electrons. The van der Waals surface area contributed by atoms with Gasteiger partial charge in [-0.2, -0.15) is 0 Å². The summed E-state index contributed by atoms with van der Waals surface area (Å²) < 4.78 is 13.5. The van der Waals surface area contributed by atoms with E-state index in [9.17, 15) is 9.90 Å². The van der Waals surface area contributed by atoms with Crippen molar-refractivity contribution in [2.45, 2.75) is 45.1 Å². The van der Waals surface area contributed by atoms with E-state index in [2.05, 4.69) is 33.6 Å². The van der Waals surface area contributed by atoms with Crippen LogP contribution in [0.1, 0.15) is 54.4 Å². The second kappa shape index (κ2) is 10.7. The summed E-state index contributed by atoms with van der Waals surface area (Å²) in [7, 11) is 1.52. The van der Waals surface area contributed by atoms with Gasteiger partial charge in [0.05, 0.1) is 18.8 Å². The lowest BCUT2D eigenvalue weighted by atomic mass is 9.89. The summed E-state index contributed by atoms with van der Waals surface area (Å²) in [4.78, 5) is 18.3. The van der Waals surface area contributed by atoms with E-state index in [-0.39, 0.29) is 5.56 Å². The van der Waals surface area contributed by atoms with Crippen LogP contribution in [0.4, 0.5) is 0 Å². The zero-order valence-electron chi connectivity index (χ0n) is 19.5. The molecule has 1 aromatic carbocycles. The summed E-state index contributed by atoms with van der Waals surface area (Å²) >= 11 is 0. The molecule has 1 N–H and O–H groups in total. The third kappa shape index (κ3) is 5.14. The number of aromatic nitrogens is 2. The maximum Gasteiger partial charge on any atom is 0.339 e. The van der Waals surface area contributed by atoms with Gasteiger partial charge < -0.3 is 19.1 Å². The number of pyridine rings is 1. The number of rotatable bonds is 10. The number of hydrogen-bond acceptors (Lipinski definition) is 5. The largest absolute Gasteiger partial charge is 0.493 e. The van der Waals surface area contributed by atoms with Crippen LogP contribution in [0.2, 0.25) is 0 Å². The van der Waals surface area contributed by atoms with E-state index in [4.69, 9.17) is 9.47 Å². The minimum Gasteiger partial charge on any atom is -0.493 e. The summed E-state index contributed by atoms with van der Waals surface area (Å²) in [5, 5.41) is 10.8. The van der Waals surface area contributed by atoms with E-state index in [0.29, 0.717) is 24.0 Å². The molecule has 33 heavy (non-hydrogen) atoms. The first-order chi connectivity index (χ1) is 16.1. The van der Waals surface area contributed by atoms with Gasteiger partial charge in [-0.05, 0) is 62.0 Å². The summed E-state index contributed by atoms with van der Waals surface area (Å²) in [5.41, 5.74) is 2.81. The highest BCUT2D eigenvalue weighted by molar-refractivity contribution is 5.92. The van der Waals surface area contributed by atoms with Gasteiger partial charge in [0.2, 0.25) is 0 Å². The van der Waals surface area contributed by atoms with Crippen molar-refractivity contribution in [2.75, 3.05) is 33.4 Å². The van der Waals surface area contributed by atoms with Gasteiger partial charge in [0.15, 0.2) is 11.5 Å². The molecule has 0 unspecified atom stereocenters. The van der Waals surface area contributed by atoms with Crippen LogP contribution in [-0.2, 0) is 6.54 Å². The molecule has 2 aromatic heterocycles. The molecule has 1 aliphatic rings. The second-order valence-corrected chi connectivity index (χ2v) is 8.63. The molecule has 7 nitrogen and oxygen atoms in total. The maximum absolute atomic E-state index is 11.5. The summed E-state index contributed by atoms with van der Waals surface area (Å²) in [5.74, 6) is 0.277. The van der Waals surface area contributed by atoms with E-state index >= 15 is 0 Å². The Hall–Kier alpha value is -3.06. The Kier molecular flexibility index (Phi) is 7.50. The van der Waals surface area contributed by atoms with E-state index < -0.39 is 5.97 Å². The van der Waals surface area contributed by atoms with Crippen molar-refractivity contribution in [3.05, 3.63) is 54.0 Å². The molecule has 0 spiro atoms. The van der Waals surface area contributed by atoms with Crippen molar-refractivity contribution >= 4 is 16.9 Å². The summed E-state index contributed by atoms with van der Waals surface area (Å²) in [6.07, 6.45) is 10.8. The fourth-order valence-corrected chi connectivity index (χ4v) is 4.74. The minimum atomic E-state index is -1.02. The lowest BCUT2D eigenvalue weighted by Crippen LogP contribution is -2.36. The molecule has 1 fully saturated rings. The Morgan fingerprint density at radius 3 is 2.76 bits per heavy atom. The van der Waals surface area contributed by atoms with Crippen molar-refractivity contribution in [3.63, 3.8) is 0 Å². The first-order valence-corrected chi connectivity index (χ1v) is 11.8. The molecule has 4 rings (SSSR count). The first-order valence-electron chi connectivity index (χ1n) is 11.8. The highest BCUT2D eigenvalue weighted by Gasteiger charge is 2.24. The van der Waals surface area contributed by atoms with Crippen molar-refractivity contribution in [3.8, 4) is 11.5 Å². The average molecular weight is 452 g/mol. The molecule has 1 aliphatic heterocycles. The van der Waals surface area contributed by atoms with E-state index in [0.717, 1.165) is 39.0 Å². The van der Waals surface area contributed by atoms with Crippen molar-refractivity contribution in [1.29, 1.82) is 0 Å². The Labute approximate surface area is 194 Å². The lowest BCUT2D eigenvalue weighted by Gasteiger charge is -2.32. The van der Waals surface area contributed by atoms with Crippen LogP contribution in [0.3, 0.4) is 0 Å². The van der Waals surface area contributed by atoms with Gasteiger partial charge in [-0.15, -0.1) is 0 Å². The Balaban J connectivity index is 1.36. The minimum absolute atomic E-state index is 0.127. The van der Waals surface area contributed by atoms with Crippen LogP contribution in [0, 0.1) is 0 Å². The number of nitrogens with zero attached hydrogens (tertiary/aromatic N) is 3. The van der Waals surface area contributed by atoms with E-state index in [1.54, 1.807) is 12.1 Å². The molecule has 7 heteroatoms. The number of aryl methyl sites for hydroxylation is 1. The fraction of sp³-hybridized carbons (Fsp3) is 0.462. The molecule has 3 heterocycles. The van der Waals surface area contributed by atoms with Crippen LogP contribution in [-0.4, -0.2) is 58.9 Å². The molecule has 0 atom stereocenters. The number of fused-ring (bicyclic) bond motifs is 1. The van der Waals surface area contributed by atoms with Gasteiger partial charge in [0.1, 0.15) is 12.2 Å². The van der Waals surface area contributed by atoms with Gasteiger partial charge in [-0.1, -0.05) is 19.4 Å². The summed E-state index contributed by atoms with van der Waals surface area (Å²) in [6.45, 7) is 6.44. The quantitative estimate of drug-likeness (QED) is 0.477. The highest BCUT2D eigenvalue weighted by atomic mass is 16.5. The Bertz CT molecular complexity index is 1090. The smallest absolute Gasteiger partial charge is 0.339 e. The molecular formula is C26H33N3O4. The van der Waals surface area contributed by atoms with Crippen LogP contribution in [0.25, 0.3) is 10.9 Å². The van der Waals surface area contributed by atoms with E-state index in [1.165, 1.54) is 42.5 Å². The molecule has 176 valence electrons. The van der Waals surface area contributed by atoms with Crippen LogP contribution >= 0.6 is 0 Å². The Morgan fingerprint density at radius 2 is 2.03 bits per heavy atom. The number of benzene rings is 1. The highest BCUT2D eigenvalue weighted by Crippen LogP contribution is 2.35. The zero-order valence-corrected chi connectivity index (χ0v) is 19.5. The number of piperidine rings is 1. The van der Waals surface area contributed by atoms with Gasteiger partial charge >= 0.3 is 5.97 Å². The van der Waals surface area contributed by atoms with Crippen LogP contribution in [0.15, 0.2) is 42.9 Å². The maximum atomic E-state index is 11.5. The fourth-order valence-electron chi connectivity index (χ4n) is 4.74. The molecule has 0 bridgehead atoms. The number of ether oxygens (including phenoxy) is 2. The third-order valence-corrected chi connectivity index (χ3v) is 6.58. The second-order valence-electron chi connectivity index (χ2n) is 8.63. The van der Waals surface area contributed by atoms with E-state index in [1.807, 2.05) is 12.4 Å². The van der Waals surface area contributed by atoms with Crippen LogP contribution < -0.4 is 9.47 Å². The van der Waals surface area contributed by atoms with Gasteiger partial charge in [-0.25, -0.2) is 4.79 Å². The molecule has 0 amide bonds. The number of carboxylic acids is 1. The number of likely N-dealkylation sites (tertiary alicyclic amines) is 1. The molecule has 0 aliphatic carbocycles.